The molecule has 20 heavy (non-hydrogen) atoms. The second-order valence-corrected chi connectivity index (χ2v) is 5.01. The Kier molecular flexibility index (Phi) is 4.64. The minimum Gasteiger partial charge on any atom is -0.443 e. The lowest BCUT2D eigenvalue weighted by atomic mass is 10.2. The van der Waals surface area contributed by atoms with Gasteiger partial charge < -0.3 is 4.74 Å². The van der Waals surface area contributed by atoms with Crippen LogP contribution in [0, 0.1) is 0 Å². The van der Waals surface area contributed by atoms with Crippen LogP contribution in [0.1, 0.15) is 26.3 Å². The summed E-state index contributed by atoms with van der Waals surface area (Å²) in [7, 11) is 0. The summed E-state index contributed by atoms with van der Waals surface area (Å²) in [5.41, 5.74) is 2.37. The molecule has 0 fully saturated rings. The Morgan fingerprint density at radius 3 is 2.40 bits per heavy atom. The number of anilines is 1. The molecule has 1 heterocycles. The number of halogens is 4. The fraction of sp³-hybridized carbons (Fsp3) is 0.500. The van der Waals surface area contributed by atoms with E-state index in [9.17, 15) is 18.0 Å². The van der Waals surface area contributed by atoms with Gasteiger partial charge in [-0.1, -0.05) is 11.6 Å². The summed E-state index contributed by atoms with van der Waals surface area (Å²) < 4.78 is 42.1. The molecule has 2 N–H and O–H groups in total. The zero-order chi connectivity index (χ0) is 15.6. The molecule has 0 saturated heterocycles. The van der Waals surface area contributed by atoms with Crippen molar-refractivity contribution in [1.29, 1.82) is 0 Å². The fourth-order valence-corrected chi connectivity index (χ4v) is 1.26. The van der Waals surface area contributed by atoms with E-state index in [0.717, 1.165) is 0 Å². The molecule has 1 aromatic heterocycles. The number of rotatable bonds is 2. The third-order valence-electron chi connectivity index (χ3n) is 1.72. The van der Waals surface area contributed by atoms with E-state index in [4.69, 9.17) is 16.3 Å². The molecular weight excluding hydrogens is 301 g/mol. The molecular formula is C10H12ClF3N4O2. The second-order valence-electron chi connectivity index (χ2n) is 4.65. The molecule has 10 heteroatoms. The van der Waals surface area contributed by atoms with Gasteiger partial charge in [-0.2, -0.15) is 18.2 Å². The quantitative estimate of drug-likeness (QED) is 0.648. The topological polar surface area (TPSA) is 76.1 Å². The maximum absolute atomic E-state index is 12.4. The molecule has 1 amide bonds. The number of hydrazine groups is 1. The van der Waals surface area contributed by atoms with Crippen LogP contribution in [0.25, 0.3) is 0 Å². The van der Waals surface area contributed by atoms with E-state index in [0.29, 0.717) is 6.20 Å². The van der Waals surface area contributed by atoms with E-state index >= 15 is 0 Å². The van der Waals surface area contributed by atoms with Gasteiger partial charge in [0.05, 0.1) is 0 Å². The van der Waals surface area contributed by atoms with Gasteiger partial charge in [0.25, 0.3) is 0 Å². The Balaban J connectivity index is 2.67. The second kappa shape index (κ2) is 5.70. The molecule has 1 aromatic rings. The normalized spacial score (nSPS) is 11.9. The lowest BCUT2D eigenvalue weighted by molar-refractivity contribution is -0.137. The molecule has 0 aliphatic carbocycles. The molecule has 112 valence electrons. The highest BCUT2D eigenvalue weighted by Crippen LogP contribution is 2.33. The van der Waals surface area contributed by atoms with Gasteiger partial charge in [-0.05, 0) is 20.8 Å². The molecule has 0 spiro atoms. The van der Waals surface area contributed by atoms with Crippen molar-refractivity contribution in [2.45, 2.75) is 32.5 Å². The van der Waals surface area contributed by atoms with Crippen LogP contribution in [0.5, 0.6) is 0 Å². The van der Waals surface area contributed by atoms with Crippen LogP contribution in [-0.2, 0) is 10.9 Å². The standard InChI is InChI=1S/C10H12ClF3N4O2/c1-9(2,3)20-8(19)18-17-7-15-4-5(6(11)16-7)10(12,13)14/h4H,1-3H3,(H,18,19)(H,15,16,17). The van der Waals surface area contributed by atoms with E-state index < -0.39 is 28.6 Å². The molecule has 1 rings (SSSR count). The number of carbonyl (C=O) groups is 1. The van der Waals surface area contributed by atoms with Crippen LogP contribution in [-0.4, -0.2) is 21.7 Å². The van der Waals surface area contributed by atoms with Crippen LogP contribution in [0.2, 0.25) is 5.15 Å². The summed E-state index contributed by atoms with van der Waals surface area (Å²) in [5.74, 6) is -0.297. The Morgan fingerprint density at radius 1 is 1.35 bits per heavy atom. The van der Waals surface area contributed by atoms with Gasteiger partial charge in [-0.15, -0.1) is 0 Å². The van der Waals surface area contributed by atoms with Crippen molar-refractivity contribution in [2.24, 2.45) is 0 Å². The van der Waals surface area contributed by atoms with Gasteiger partial charge >= 0.3 is 12.3 Å². The van der Waals surface area contributed by atoms with Gasteiger partial charge in [0.1, 0.15) is 16.3 Å². The molecule has 0 atom stereocenters. The predicted molar refractivity (Wildman–Crippen MR) is 65.0 cm³/mol. The van der Waals surface area contributed by atoms with Crippen molar-refractivity contribution in [3.63, 3.8) is 0 Å². The summed E-state index contributed by atoms with van der Waals surface area (Å²) in [6.45, 7) is 4.95. The van der Waals surface area contributed by atoms with Gasteiger partial charge in [-0.3, -0.25) is 5.43 Å². The largest absolute Gasteiger partial charge is 0.443 e. The molecule has 0 aliphatic heterocycles. The molecule has 0 radical (unpaired) electrons. The summed E-state index contributed by atoms with van der Waals surface area (Å²) in [4.78, 5) is 18.0. The maximum Gasteiger partial charge on any atom is 0.426 e. The summed E-state index contributed by atoms with van der Waals surface area (Å²) in [6.07, 6.45) is -4.97. The highest BCUT2D eigenvalue weighted by Gasteiger charge is 2.34. The van der Waals surface area contributed by atoms with Crippen molar-refractivity contribution in [2.75, 3.05) is 5.43 Å². The van der Waals surface area contributed by atoms with E-state index in [1.165, 1.54) is 0 Å². The lowest BCUT2D eigenvalue weighted by Gasteiger charge is -2.19. The number of nitrogens with one attached hydrogen (secondary N) is 2. The maximum atomic E-state index is 12.4. The SMILES string of the molecule is CC(C)(C)OC(=O)NNc1ncc(C(F)(F)F)c(Cl)n1. The molecule has 0 aromatic carbocycles. The first-order chi connectivity index (χ1) is 8.99. The van der Waals surface area contributed by atoms with Crippen molar-refractivity contribution >= 4 is 23.6 Å². The van der Waals surface area contributed by atoms with Crippen LogP contribution < -0.4 is 10.9 Å². The van der Waals surface area contributed by atoms with Crippen molar-refractivity contribution < 1.29 is 22.7 Å². The Bertz CT molecular complexity index is 502. The number of nitrogens with zero attached hydrogens (tertiary/aromatic N) is 2. The third-order valence-corrected chi connectivity index (χ3v) is 2.01. The fourth-order valence-electron chi connectivity index (χ4n) is 1.02. The first-order valence-corrected chi connectivity index (χ1v) is 5.71. The van der Waals surface area contributed by atoms with E-state index in [-0.39, 0.29) is 5.95 Å². The first-order valence-electron chi connectivity index (χ1n) is 5.34. The van der Waals surface area contributed by atoms with Gasteiger partial charge in [0.15, 0.2) is 0 Å². The highest BCUT2D eigenvalue weighted by atomic mass is 35.5. The van der Waals surface area contributed by atoms with Gasteiger partial charge in [-0.25, -0.2) is 15.2 Å². The number of hydrogen-bond acceptors (Lipinski definition) is 5. The van der Waals surface area contributed by atoms with E-state index in [2.05, 4.69) is 20.8 Å². The van der Waals surface area contributed by atoms with Crippen LogP contribution in [0.15, 0.2) is 6.20 Å². The number of hydrogen-bond donors (Lipinski definition) is 2. The minimum atomic E-state index is -4.64. The summed E-state index contributed by atoms with van der Waals surface area (Å²) in [5, 5.41) is -0.777. The average Bonchev–Trinajstić information content (AvgIpc) is 2.22. The number of aromatic nitrogens is 2. The molecule has 0 aliphatic rings. The average molecular weight is 313 g/mol. The smallest absolute Gasteiger partial charge is 0.426 e. The molecule has 6 nitrogen and oxygen atoms in total. The Labute approximate surface area is 117 Å². The van der Waals surface area contributed by atoms with Gasteiger partial charge in [0, 0.05) is 6.20 Å². The lowest BCUT2D eigenvalue weighted by Crippen LogP contribution is -2.36. The number of alkyl halides is 3. The zero-order valence-electron chi connectivity index (χ0n) is 10.8. The minimum absolute atomic E-state index is 0.297. The van der Waals surface area contributed by atoms with Crippen molar-refractivity contribution in [1.82, 2.24) is 15.4 Å². The summed E-state index contributed by atoms with van der Waals surface area (Å²) in [6, 6.07) is 0. The Morgan fingerprint density at radius 2 is 1.95 bits per heavy atom. The van der Waals surface area contributed by atoms with Crippen LogP contribution in [0.3, 0.4) is 0 Å². The van der Waals surface area contributed by atoms with Crippen molar-refractivity contribution in [3.05, 3.63) is 16.9 Å². The monoisotopic (exact) mass is 312 g/mol. The number of amides is 1. The van der Waals surface area contributed by atoms with Crippen LogP contribution >= 0.6 is 11.6 Å². The highest BCUT2D eigenvalue weighted by molar-refractivity contribution is 6.30. The zero-order valence-corrected chi connectivity index (χ0v) is 11.6. The molecule has 0 bridgehead atoms. The summed E-state index contributed by atoms with van der Waals surface area (Å²) >= 11 is 5.38. The number of carbonyl (C=O) groups excluding carboxylic acids is 1. The number of ether oxygens (including phenoxy) is 1. The predicted octanol–water partition coefficient (Wildman–Crippen LogP) is 3.00. The first kappa shape index (κ1) is 16.3. The van der Waals surface area contributed by atoms with Crippen molar-refractivity contribution in [3.8, 4) is 0 Å². The molecule has 0 unspecified atom stereocenters. The Hall–Kier alpha value is -1.77. The van der Waals surface area contributed by atoms with Crippen LogP contribution in [0.4, 0.5) is 23.9 Å². The van der Waals surface area contributed by atoms with E-state index in [1.54, 1.807) is 20.8 Å². The molecule has 0 saturated carbocycles. The third kappa shape index (κ3) is 5.08. The van der Waals surface area contributed by atoms with Gasteiger partial charge in [0.2, 0.25) is 5.95 Å². The van der Waals surface area contributed by atoms with E-state index in [1.807, 2.05) is 0 Å².